The molecule has 1 aromatic heterocycles. The topological polar surface area (TPSA) is 102 Å². The van der Waals surface area contributed by atoms with E-state index in [-0.39, 0.29) is 30.3 Å². The maximum absolute atomic E-state index is 12.2. The van der Waals surface area contributed by atoms with Gasteiger partial charge in [-0.05, 0) is 30.3 Å². The number of aryl methyl sites for hydroxylation is 1. The lowest BCUT2D eigenvalue weighted by Gasteiger charge is -2.07. The zero-order valence-corrected chi connectivity index (χ0v) is 14.4. The average Bonchev–Trinajstić information content (AvgIpc) is 3.09. The predicted octanol–water partition coefficient (Wildman–Crippen LogP) is 1.85. The fourth-order valence-electron chi connectivity index (χ4n) is 3.10. The molecule has 8 heteroatoms. The number of carbonyl (C=O) groups is 3. The van der Waals surface area contributed by atoms with Crippen molar-refractivity contribution in [1.29, 1.82) is 0 Å². The molecule has 136 valence electrons. The van der Waals surface area contributed by atoms with Gasteiger partial charge in [0.2, 0.25) is 5.91 Å². The van der Waals surface area contributed by atoms with Crippen LogP contribution < -0.4 is 11.1 Å². The Labute approximate surface area is 153 Å². The van der Waals surface area contributed by atoms with Crippen LogP contribution in [-0.2, 0) is 11.3 Å². The highest BCUT2D eigenvalue weighted by Gasteiger charge is 2.32. The number of nitrogens with zero attached hydrogens (tertiary/aromatic N) is 2. The normalized spacial score (nSPS) is 13.3. The van der Waals surface area contributed by atoms with Crippen molar-refractivity contribution >= 4 is 34.5 Å². The van der Waals surface area contributed by atoms with Gasteiger partial charge in [-0.3, -0.25) is 23.9 Å². The zero-order valence-electron chi connectivity index (χ0n) is 14.4. The molecule has 3 aromatic rings. The summed E-state index contributed by atoms with van der Waals surface area (Å²) in [5, 5.41) is 2.68. The van der Waals surface area contributed by atoms with Gasteiger partial charge in [0.15, 0.2) is 5.58 Å². The number of hydrogen-bond donors (Lipinski definition) is 1. The predicted molar refractivity (Wildman–Crippen MR) is 96.6 cm³/mol. The van der Waals surface area contributed by atoms with Crippen molar-refractivity contribution in [2.24, 2.45) is 0 Å². The van der Waals surface area contributed by atoms with Gasteiger partial charge in [0, 0.05) is 25.7 Å². The van der Waals surface area contributed by atoms with Gasteiger partial charge in [0.25, 0.3) is 11.8 Å². The lowest BCUT2D eigenvalue weighted by molar-refractivity contribution is -0.116. The number of imide groups is 1. The Kier molecular flexibility index (Phi) is 3.88. The van der Waals surface area contributed by atoms with Crippen molar-refractivity contribution in [2.75, 3.05) is 12.4 Å². The third-order valence-electron chi connectivity index (χ3n) is 4.51. The lowest BCUT2D eigenvalue weighted by Crippen LogP contribution is -2.24. The fourth-order valence-corrected chi connectivity index (χ4v) is 3.10. The molecule has 0 aliphatic carbocycles. The van der Waals surface area contributed by atoms with Crippen LogP contribution in [0, 0.1) is 0 Å². The molecule has 4 rings (SSSR count). The molecule has 0 radical (unpaired) electrons. The van der Waals surface area contributed by atoms with E-state index in [1.54, 1.807) is 30.3 Å². The van der Waals surface area contributed by atoms with Gasteiger partial charge in [-0.15, -0.1) is 0 Å². The number of amides is 3. The van der Waals surface area contributed by atoms with Gasteiger partial charge < -0.3 is 9.73 Å². The van der Waals surface area contributed by atoms with E-state index in [2.05, 4.69) is 5.32 Å². The van der Waals surface area contributed by atoms with E-state index in [0.29, 0.717) is 22.4 Å². The van der Waals surface area contributed by atoms with Crippen LogP contribution in [0.15, 0.2) is 51.7 Å². The van der Waals surface area contributed by atoms with Crippen LogP contribution in [0.2, 0.25) is 0 Å². The first kappa shape index (κ1) is 16.8. The molecule has 0 saturated carbocycles. The summed E-state index contributed by atoms with van der Waals surface area (Å²) >= 11 is 0. The Morgan fingerprint density at radius 2 is 1.78 bits per heavy atom. The number of benzene rings is 2. The molecular formula is C19H15N3O5. The van der Waals surface area contributed by atoms with E-state index >= 15 is 0 Å². The Morgan fingerprint density at radius 1 is 1.04 bits per heavy atom. The van der Waals surface area contributed by atoms with Crippen molar-refractivity contribution in [3.8, 4) is 0 Å². The minimum atomic E-state index is -0.520. The van der Waals surface area contributed by atoms with Crippen LogP contribution in [0.5, 0.6) is 0 Å². The third kappa shape index (κ3) is 2.80. The average molecular weight is 365 g/mol. The minimum Gasteiger partial charge on any atom is -0.408 e. The summed E-state index contributed by atoms with van der Waals surface area (Å²) in [4.78, 5) is 49.1. The van der Waals surface area contributed by atoms with E-state index in [4.69, 9.17) is 4.42 Å². The number of nitrogens with one attached hydrogen (secondary N) is 1. The van der Waals surface area contributed by atoms with Crippen molar-refractivity contribution in [1.82, 2.24) is 9.47 Å². The summed E-state index contributed by atoms with van der Waals surface area (Å²) in [7, 11) is 1.41. The smallest absolute Gasteiger partial charge is 0.408 e. The van der Waals surface area contributed by atoms with Crippen LogP contribution in [0.4, 0.5) is 5.69 Å². The highest BCUT2D eigenvalue weighted by molar-refractivity contribution is 6.21. The molecular weight excluding hydrogens is 350 g/mol. The molecule has 0 bridgehead atoms. The molecule has 1 aliphatic rings. The van der Waals surface area contributed by atoms with Crippen molar-refractivity contribution in [2.45, 2.75) is 13.0 Å². The zero-order chi connectivity index (χ0) is 19.1. The molecule has 0 saturated heterocycles. The Bertz CT molecular complexity index is 1160. The molecule has 2 heterocycles. The Balaban J connectivity index is 1.48. The van der Waals surface area contributed by atoms with E-state index < -0.39 is 11.7 Å². The van der Waals surface area contributed by atoms with Gasteiger partial charge in [-0.25, -0.2) is 4.79 Å². The Morgan fingerprint density at radius 3 is 2.59 bits per heavy atom. The minimum absolute atomic E-state index is 0.0489. The Hall–Kier alpha value is -3.68. The van der Waals surface area contributed by atoms with E-state index in [9.17, 15) is 19.2 Å². The third-order valence-corrected chi connectivity index (χ3v) is 4.51. The van der Waals surface area contributed by atoms with Crippen LogP contribution in [0.3, 0.4) is 0 Å². The van der Waals surface area contributed by atoms with Gasteiger partial charge in [-0.1, -0.05) is 12.1 Å². The van der Waals surface area contributed by atoms with Crippen molar-refractivity contribution in [3.05, 3.63) is 64.1 Å². The molecule has 27 heavy (non-hydrogen) atoms. The van der Waals surface area contributed by atoms with Gasteiger partial charge in [0.05, 0.1) is 16.6 Å². The monoisotopic (exact) mass is 365 g/mol. The van der Waals surface area contributed by atoms with Gasteiger partial charge in [0.1, 0.15) is 0 Å². The lowest BCUT2D eigenvalue weighted by atomic mass is 10.1. The number of anilines is 1. The van der Waals surface area contributed by atoms with Crippen LogP contribution in [-0.4, -0.2) is 34.2 Å². The van der Waals surface area contributed by atoms with Crippen molar-refractivity contribution in [3.63, 3.8) is 0 Å². The second-order valence-electron chi connectivity index (χ2n) is 6.22. The standard InChI is InChI=1S/C19H15N3O5/c1-21-17(24)12-7-6-11(10-13(12)18(21)25)20-16(23)8-9-22-14-4-2-3-5-15(14)27-19(22)26/h2-7,10H,8-9H2,1H3,(H,20,23). The summed E-state index contributed by atoms with van der Waals surface area (Å²) in [5.74, 6) is -1.60. The molecule has 0 spiro atoms. The number of fused-ring (bicyclic) bond motifs is 2. The highest BCUT2D eigenvalue weighted by atomic mass is 16.4. The summed E-state index contributed by atoms with van der Waals surface area (Å²) in [6.45, 7) is 0.159. The molecule has 1 N–H and O–H groups in total. The molecule has 0 atom stereocenters. The first-order chi connectivity index (χ1) is 13.0. The summed E-state index contributed by atoms with van der Waals surface area (Å²) in [5.41, 5.74) is 2.09. The molecule has 0 unspecified atom stereocenters. The number of hydrogen-bond acceptors (Lipinski definition) is 5. The van der Waals surface area contributed by atoms with Gasteiger partial charge in [-0.2, -0.15) is 0 Å². The second kappa shape index (κ2) is 6.24. The molecule has 1 aliphatic heterocycles. The van der Waals surface area contributed by atoms with E-state index in [0.717, 1.165) is 4.90 Å². The summed E-state index contributed by atoms with van der Waals surface area (Å²) in [6.07, 6.45) is 0.0489. The second-order valence-corrected chi connectivity index (χ2v) is 6.22. The fraction of sp³-hybridized carbons (Fsp3) is 0.158. The van der Waals surface area contributed by atoms with Crippen LogP contribution in [0.1, 0.15) is 27.1 Å². The quantitative estimate of drug-likeness (QED) is 0.711. The first-order valence-corrected chi connectivity index (χ1v) is 8.30. The summed E-state index contributed by atoms with van der Waals surface area (Å²) in [6, 6.07) is 11.6. The maximum Gasteiger partial charge on any atom is 0.419 e. The molecule has 8 nitrogen and oxygen atoms in total. The number of para-hydroxylation sites is 2. The number of aromatic nitrogens is 1. The number of rotatable bonds is 4. The largest absolute Gasteiger partial charge is 0.419 e. The summed E-state index contributed by atoms with van der Waals surface area (Å²) < 4.78 is 6.53. The van der Waals surface area contributed by atoms with Crippen molar-refractivity contribution < 1.29 is 18.8 Å². The van der Waals surface area contributed by atoms with Gasteiger partial charge >= 0.3 is 5.76 Å². The molecule has 2 aromatic carbocycles. The van der Waals surface area contributed by atoms with E-state index in [1.165, 1.54) is 23.7 Å². The molecule has 3 amide bonds. The molecule has 0 fully saturated rings. The first-order valence-electron chi connectivity index (χ1n) is 8.30. The maximum atomic E-state index is 12.2. The number of carbonyl (C=O) groups excluding carboxylic acids is 3. The van der Waals surface area contributed by atoms with E-state index in [1.807, 2.05) is 0 Å². The number of oxazole rings is 1. The van der Waals surface area contributed by atoms with Crippen LogP contribution in [0.25, 0.3) is 11.1 Å². The SMILES string of the molecule is CN1C(=O)c2ccc(NC(=O)CCn3c(=O)oc4ccccc43)cc2C1=O. The van der Waals surface area contributed by atoms with Crippen LogP contribution >= 0.6 is 0 Å². The highest BCUT2D eigenvalue weighted by Crippen LogP contribution is 2.24.